The van der Waals surface area contributed by atoms with Crippen LogP contribution in [0.3, 0.4) is 0 Å². The fraction of sp³-hybridized carbons (Fsp3) is 0.333. The molecule has 0 aromatic carbocycles. The molecular formula is C21H22N6O2. The third-order valence-corrected chi connectivity index (χ3v) is 5.38. The van der Waals surface area contributed by atoms with Crippen molar-refractivity contribution in [2.75, 3.05) is 24.6 Å². The summed E-state index contributed by atoms with van der Waals surface area (Å²) in [4.78, 5) is 23.5. The fourth-order valence-corrected chi connectivity index (χ4v) is 3.80. The summed E-state index contributed by atoms with van der Waals surface area (Å²) < 4.78 is 9.25. The fourth-order valence-electron chi connectivity index (χ4n) is 3.80. The second kappa shape index (κ2) is 7.20. The number of hydrogen-bond acceptors (Lipinski definition) is 6. The molecule has 0 amide bonds. The summed E-state index contributed by atoms with van der Waals surface area (Å²) in [6.07, 6.45) is 5.61. The van der Waals surface area contributed by atoms with E-state index < -0.39 is 0 Å². The van der Waals surface area contributed by atoms with Crippen LogP contribution in [0.15, 0.2) is 53.6 Å². The van der Waals surface area contributed by atoms with Crippen LogP contribution < -0.4 is 15.2 Å². The summed E-state index contributed by atoms with van der Waals surface area (Å²) in [6, 6.07) is 11.0. The van der Waals surface area contributed by atoms with Gasteiger partial charge in [0, 0.05) is 31.4 Å². The number of aryl methyl sites for hydroxylation is 1. The molecule has 0 aliphatic carbocycles. The van der Waals surface area contributed by atoms with E-state index in [1.54, 1.807) is 21.2 Å². The van der Waals surface area contributed by atoms with Crippen LogP contribution in [0.5, 0.6) is 5.88 Å². The molecule has 4 aromatic heterocycles. The second-order valence-corrected chi connectivity index (χ2v) is 7.48. The topological polar surface area (TPSA) is 77.0 Å². The number of imidazole rings is 1. The van der Waals surface area contributed by atoms with Crippen LogP contribution in [0, 0.1) is 12.8 Å². The molecule has 148 valence electrons. The molecule has 0 unspecified atom stereocenters. The molecular weight excluding hydrogens is 368 g/mol. The molecule has 0 atom stereocenters. The van der Waals surface area contributed by atoms with Gasteiger partial charge in [-0.2, -0.15) is 0 Å². The first-order valence-corrected chi connectivity index (χ1v) is 9.85. The Bertz CT molecular complexity index is 1220. The second-order valence-electron chi connectivity index (χ2n) is 7.48. The van der Waals surface area contributed by atoms with E-state index in [4.69, 9.17) is 4.74 Å². The Morgan fingerprint density at radius 1 is 1.10 bits per heavy atom. The molecule has 4 aromatic rings. The van der Waals surface area contributed by atoms with Crippen LogP contribution in [-0.4, -0.2) is 43.7 Å². The summed E-state index contributed by atoms with van der Waals surface area (Å²) in [6.45, 7) is 4.29. The standard InChI is InChI=1S/C21H22N6O2/c1-15-13-27-18(22-15)5-6-20(24-27)29-14-16-7-10-25(11-8-16)19-12-21(28)26-9-3-2-4-17(26)23-19/h2-6,9,12-13,16H,7-8,10-11,14H2,1H3. The van der Waals surface area contributed by atoms with Gasteiger partial charge in [0.2, 0.25) is 5.88 Å². The van der Waals surface area contributed by atoms with Gasteiger partial charge in [-0.15, -0.1) is 5.10 Å². The molecule has 8 heteroatoms. The number of pyridine rings is 1. The van der Waals surface area contributed by atoms with E-state index >= 15 is 0 Å². The van der Waals surface area contributed by atoms with Crippen molar-refractivity contribution in [1.82, 2.24) is 24.0 Å². The number of fused-ring (bicyclic) bond motifs is 2. The van der Waals surface area contributed by atoms with Crippen molar-refractivity contribution in [1.29, 1.82) is 0 Å². The maximum absolute atomic E-state index is 12.3. The quantitative estimate of drug-likeness (QED) is 0.532. The van der Waals surface area contributed by atoms with E-state index in [1.807, 2.05) is 43.5 Å². The number of piperidine rings is 1. The number of nitrogens with zero attached hydrogens (tertiary/aromatic N) is 6. The van der Waals surface area contributed by atoms with Crippen LogP contribution >= 0.6 is 0 Å². The van der Waals surface area contributed by atoms with E-state index in [-0.39, 0.29) is 5.56 Å². The molecule has 1 saturated heterocycles. The Kier molecular flexibility index (Phi) is 4.38. The number of aromatic nitrogens is 5. The lowest BCUT2D eigenvalue weighted by molar-refractivity contribution is 0.213. The van der Waals surface area contributed by atoms with E-state index in [9.17, 15) is 4.79 Å². The first-order chi connectivity index (χ1) is 14.2. The largest absolute Gasteiger partial charge is 0.476 e. The van der Waals surface area contributed by atoms with Crippen LogP contribution in [-0.2, 0) is 0 Å². The summed E-state index contributed by atoms with van der Waals surface area (Å²) in [7, 11) is 0. The maximum Gasteiger partial charge on any atom is 0.259 e. The molecule has 5 rings (SSSR count). The third-order valence-electron chi connectivity index (χ3n) is 5.38. The Hall–Kier alpha value is -3.42. The van der Waals surface area contributed by atoms with E-state index in [0.29, 0.717) is 24.1 Å². The number of ether oxygens (including phenoxy) is 1. The van der Waals surface area contributed by atoms with Gasteiger partial charge in [0.1, 0.15) is 11.5 Å². The summed E-state index contributed by atoms with van der Waals surface area (Å²) >= 11 is 0. The Balaban J connectivity index is 1.21. The normalized spacial score (nSPS) is 15.3. The highest BCUT2D eigenvalue weighted by atomic mass is 16.5. The maximum atomic E-state index is 12.3. The first kappa shape index (κ1) is 17.7. The van der Waals surface area contributed by atoms with Gasteiger partial charge < -0.3 is 9.64 Å². The summed E-state index contributed by atoms with van der Waals surface area (Å²) in [5.74, 6) is 1.82. The van der Waals surface area contributed by atoms with Crippen LogP contribution in [0.2, 0.25) is 0 Å². The molecule has 5 heterocycles. The molecule has 0 radical (unpaired) electrons. The highest BCUT2D eigenvalue weighted by Crippen LogP contribution is 2.22. The van der Waals surface area contributed by atoms with Crippen molar-refractivity contribution < 1.29 is 4.74 Å². The highest BCUT2D eigenvalue weighted by molar-refractivity contribution is 5.48. The average Bonchev–Trinajstić information content (AvgIpc) is 3.12. The van der Waals surface area contributed by atoms with Gasteiger partial charge in [-0.3, -0.25) is 9.20 Å². The van der Waals surface area contributed by atoms with Crippen LogP contribution in [0.1, 0.15) is 18.5 Å². The van der Waals surface area contributed by atoms with E-state index in [2.05, 4.69) is 20.0 Å². The Morgan fingerprint density at radius 2 is 1.97 bits per heavy atom. The van der Waals surface area contributed by atoms with Crippen molar-refractivity contribution in [2.45, 2.75) is 19.8 Å². The van der Waals surface area contributed by atoms with E-state index in [1.165, 1.54) is 0 Å². The van der Waals surface area contributed by atoms with Crippen molar-refractivity contribution in [3.8, 4) is 5.88 Å². The molecule has 0 N–H and O–H groups in total. The average molecular weight is 390 g/mol. The molecule has 1 aliphatic heterocycles. The number of anilines is 1. The molecule has 8 nitrogen and oxygen atoms in total. The lowest BCUT2D eigenvalue weighted by atomic mass is 9.98. The zero-order chi connectivity index (χ0) is 19.8. The third kappa shape index (κ3) is 3.53. The molecule has 1 fully saturated rings. The van der Waals surface area contributed by atoms with Gasteiger partial charge in [0.25, 0.3) is 5.56 Å². The van der Waals surface area contributed by atoms with Gasteiger partial charge in [0.15, 0.2) is 5.65 Å². The molecule has 0 bridgehead atoms. The molecule has 0 spiro atoms. The SMILES string of the molecule is Cc1cn2nc(OCC3CCN(c4cc(=O)n5ccccc5n4)CC3)ccc2n1. The van der Waals surface area contributed by atoms with Gasteiger partial charge in [-0.1, -0.05) is 6.07 Å². The minimum Gasteiger partial charge on any atom is -0.476 e. The van der Waals surface area contributed by atoms with Crippen molar-refractivity contribution >= 4 is 17.1 Å². The molecule has 0 saturated carbocycles. The zero-order valence-electron chi connectivity index (χ0n) is 16.2. The van der Waals surface area contributed by atoms with Crippen LogP contribution in [0.25, 0.3) is 11.3 Å². The minimum absolute atomic E-state index is 0.0488. The van der Waals surface area contributed by atoms with Gasteiger partial charge in [-0.25, -0.2) is 14.5 Å². The summed E-state index contributed by atoms with van der Waals surface area (Å²) in [5.41, 5.74) is 2.38. The monoisotopic (exact) mass is 390 g/mol. The van der Waals surface area contributed by atoms with Gasteiger partial charge >= 0.3 is 0 Å². The van der Waals surface area contributed by atoms with Gasteiger partial charge in [-0.05, 0) is 43.9 Å². The number of hydrogen-bond donors (Lipinski definition) is 0. The highest BCUT2D eigenvalue weighted by Gasteiger charge is 2.21. The lowest BCUT2D eigenvalue weighted by Gasteiger charge is -2.32. The van der Waals surface area contributed by atoms with E-state index in [0.717, 1.165) is 43.1 Å². The van der Waals surface area contributed by atoms with Crippen molar-refractivity contribution in [2.24, 2.45) is 5.92 Å². The zero-order valence-corrected chi connectivity index (χ0v) is 16.2. The molecule has 29 heavy (non-hydrogen) atoms. The predicted octanol–water partition coefficient (Wildman–Crippen LogP) is 2.34. The van der Waals surface area contributed by atoms with Crippen molar-refractivity contribution in [3.63, 3.8) is 0 Å². The van der Waals surface area contributed by atoms with Crippen LogP contribution in [0.4, 0.5) is 5.82 Å². The van der Waals surface area contributed by atoms with Gasteiger partial charge in [0.05, 0.1) is 18.5 Å². The predicted molar refractivity (Wildman–Crippen MR) is 110 cm³/mol. The first-order valence-electron chi connectivity index (χ1n) is 9.85. The number of rotatable bonds is 4. The lowest BCUT2D eigenvalue weighted by Crippen LogP contribution is -2.37. The summed E-state index contributed by atoms with van der Waals surface area (Å²) in [5, 5.41) is 4.46. The molecule has 1 aliphatic rings. The smallest absolute Gasteiger partial charge is 0.259 e. The minimum atomic E-state index is -0.0488. The van der Waals surface area contributed by atoms with Crippen molar-refractivity contribution in [3.05, 3.63) is 64.8 Å². The Labute approximate surface area is 167 Å². The Morgan fingerprint density at radius 3 is 2.83 bits per heavy atom.